The predicted molar refractivity (Wildman–Crippen MR) is 64.1 cm³/mol. The molecule has 0 radical (unpaired) electrons. The average Bonchev–Trinajstić information content (AvgIpc) is 2.47. The van der Waals surface area contributed by atoms with Crippen LogP contribution >= 0.6 is 22.6 Å². The summed E-state index contributed by atoms with van der Waals surface area (Å²) in [5, 5.41) is 0. The number of oxazole rings is 1. The Morgan fingerprint density at radius 1 is 1.14 bits per heavy atom. The van der Waals surface area contributed by atoms with Crippen LogP contribution in [-0.4, -0.2) is 4.98 Å². The highest BCUT2D eigenvalue weighted by molar-refractivity contribution is 14.1. The molecule has 0 N–H and O–H groups in total. The third-order valence-electron chi connectivity index (χ3n) is 2.02. The van der Waals surface area contributed by atoms with Gasteiger partial charge in [0.2, 0.25) is 0 Å². The van der Waals surface area contributed by atoms with E-state index >= 15 is 0 Å². The first-order chi connectivity index (χ1) is 6.66. The van der Waals surface area contributed by atoms with Crippen molar-refractivity contribution in [2.24, 2.45) is 0 Å². The monoisotopic (exact) mass is 299 g/mol. The van der Waals surface area contributed by atoms with Gasteiger partial charge in [0.1, 0.15) is 5.69 Å². The van der Waals surface area contributed by atoms with Gasteiger partial charge in [-0.15, -0.1) is 0 Å². The first-order valence-electron chi connectivity index (χ1n) is 4.37. The highest BCUT2D eigenvalue weighted by Crippen LogP contribution is 2.25. The molecule has 2 rings (SSSR count). The molecule has 1 heterocycles. The number of hydrogen-bond acceptors (Lipinski definition) is 2. The number of halogens is 1. The molecule has 0 aliphatic carbocycles. The molecular weight excluding hydrogens is 289 g/mol. The standard InChI is InChI=1S/C11H10INO/c1-7-3-5-9(6-4-7)10-11(12)14-8(2)13-10/h3-6H,1-2H3. The Hall–Kier alpha value is -0.840. The van der Waals surface area contributed by atoms with E-state index in [2.05, 4.69) is 58.8 Å². The van der Waals surface area contributed by atoms with Gasteiger partial charge in [-0.2, -0.15) is 0 Å². The van der Waals surface area contributed by atoms with Crippen molar-refractivity contribution in [3.05, 3.63) is 39.5 Å². The van der Waals surface area contributed by atoms with Crippen LogP contribution in [0.3, 0.4) is 0 Å². The molecule has 2 aromatic rings. The van der Waals surface area contributed by atoms with Gasteiger partial charge in [0, 0.05) is 35.1 Å². The van der Waals surface area contributed by atoms with Gasteiger partial charge >= 0.3 is 0 Å². The van der Waals surface area contributed by atoms with Crippen molar-refractivity contribution in [1.29, 1.82) is 0 Å². The molecule has 0 spiro atoms. The van der Waals surface area contributed by atoms with E-state index in [9.17, 15) is 0 Å². The van der Waals surface area contributed by atoms with Crippen LogP contribution in [-0.2, 0) is 0 Å². The van der Waals surface area contributed by atoms with Gasteiger partial charge in [-0.25, -0.2) is 4.98 Å². The van der Waals surface area contributed by atoms with Crippen LogP contribution in [0.4, 0.5) is 0 Å². The molecule has 72 valence electrons. The lowest BCUT2D eigenvalue weighted by molar-refractivity contribution is 0.497. The maximum Gasteiger partial charge on any atom is 0.193 e. The van der Waals surface area contributed by atoms with Crippen molar-refractivity contribution < 1.29 is 4.42 Å². The number of nitrogens with zero attached hydrogens (tertiary/aromatic N) is 1. The molecule has 1 aromatic heterocycles. The third-order valence-corrected chi connectivity index (χ3v) is 2.75. The summed E-state index contributed by atoms with van der Waals surface area (Å²) in [6.45, 7) is 3.93. The predicted octanol–water partition coefficient (Wildman–Crippen LogP) is 3.56. The number of rotatable bonds is 1. The van der Waals surface area contributed by atoms with Crippen LogP contribution in [0.1, 0.15) is 11.5 Å². The summed E-state index contributed by atoms with van der Waals surface area (Å²) in [5.41, 5.74) is 3.30. The smallest absolute Gasteiger partial charge is 0.193 e. The molecule has 0 atom stereocenters. The van der Waals surface area contributed by atoms with Crippen LogP contribution in [0.2, 0.25) is 0 Å². The van der Waals surface area contributed by atoms with Gasteiger partial charge in [-0.3, -0.25) is 0 Å². The van der Waals surface area contributed by atoms with Crippen molar-refractivity contribution in [3.63, 3.8) is 0 Å². The quantitative estimate of drug-likeness (QED) is 0.752. The summed E-state index contributed by atoms with van der Waals surface area (Å²) < 4.78 is 6.23. The Balaban J connectivity index is 2.49. The summed E-state index contributed by atoms with van der Waals surface area (Å²) in [5.74, 6) is 0.713. The zero-order valence-corrected chi connectivity index (χ0v) is 10.2. The van der Waals surface area contributed by atoms with Crippen LogP contribution in [0.15, 0.2) is 28.7 Å². The molecule has 3 heteroatoms. The van der Waals surface area contributed by atoms with Crippen molar-refractivity contribution >= 4 is 22.6 Å². The minimum Gasteiger partial charge on any atom is -0.435 e. The first kappa shape index (κ1) is 9.71. The molecule has 1 aromatic carbocycles. The van der Waals surface area contributed by atoms with E-state index < -0.39 is 0 Å². The molecule has 0 aliphatic heterocycles. The van der Waals surface area contributed by atoms with Crippen LogP contribution in [0, 0.1) is 17.6 Å². The van der Waals surface area contributed by atoms with Gasteiger partial charge in [-0.05, 0) is 6.92 Å². The van der Waals surface area contributed by atoms with Crippen LogP contribution in [0.5, 0.6) is 0 Å². The SMILES string of the molecule is Cc1ccc(-c2nc(C)oc2I)cc1. The van der Waals surface area contributed by atoms with Crippen molar-refractivity contribution in [3.8, 4) is 11.3 Å². The fourth-order valence-corrected chi connectivity index (χ4v) is 2.04. The highest BCUT2D eigenvalue weighted by Gasteiger charge is 2.09. The van der Waals surface area contributed by atoms with E-state index in [0.29, 0.717) is 5.89 Å². The zero-order valence-electron chi connectivity index (χ0n) is 8.04. The van der Waals surface area contributed by atoms with Gasteiger partial charge in [0.15, 0.2) is 9.66 Å². The second-order valence-electron chi connectivity index (χ2n) is 3.22. The van der Waals surface area contributed by atoms with E-state index in [1.54, 1.807) is 0 Å². The lowest BCUT2D eigenvalue weighted by Crippen LogP contribution is -1.80. The number of aromatic nitrogens is 1. The van der Waals surface area contributed by atoms with E-state index in [-0.39, 0.29) is 0 Å². The molecule has 2 nitrogen and oxygen atoms in total. The normalized spacial score (nSPS) is 10.5. The van der Waals surface area contributed by atoms with Gasteiger partial charge in [0.05, 0.1) is 0 Å². The molecule has 14 heavy (non-hydrogen) atoms. The first-order valence-corrected chi connectivity index (χ1v) is 5.44. The van der Waals surface area contributed by atoms with Crippen LogP contribution < -0.4 is 0 Å². The van der Waals surface area contributed by atoms with Crippen molar-refractivity contribution in [1.82, 2.24) is 4.98 Å². The highest BCUT2D eigenvalue weighted by atomic mass is 127. The summed E-state index contributed by atoms with van der Waals surface area (Å²) in [6, 6.07) is 8.29. The largest absolute Gasteiger partial charge is 0.435 e. The van der Waals surface area contributed by atoms with Gasteiger partial charge in [-0.1, -0.05) is 29.8 Å². The average molecular weight is 299 g/mol. The van der Waals surface area contributed by atoms with E-state index in [4.69, 9.17) is 4.42 Å². The number of hydrogen-bond donors (Lipinski definition) is 0. The summed E-state index contributed by atoms with van der Waals surface area (Å²) >= 11 is 2.16. The summed E-state index contributed by atoms with van der Waals surface area (Å²) in [6.07, 6.45) is 0. The molecular formula is C11H10INO. The third kappa shape index (κ3) is 1.82. The molecule has 0 aliphatic rings. The van der Waals surface area contributed by atoms with E-state index in [1.165, 1.54) is 5.56 Å². The van der Waals surface area contributed by atoms with Crippen molar-refractivity contribution in [2.75, 3.05) is 0 Å². The second kappa shape index (κ2) is 3.73. The number of benzene rings is 1. The van der Waals surface area contributed by atoms with Gasteiger partial charge < -0.3 is 4.42 Å². The maximum absolute atomic E-state index is 5.37. The van der Waals surface area contributed by atoms with Crippen molar-refractivity contribution in [2.45, 2.75) is 13.8 Å². The number of aryl methyl sites for hydroxylation is 2. The lowest BCUT2D eigenvalue weighted by Gasteiger charge is -1.96. The molecule has 0 saturated carbocycles. The lowest BCUT2D eigenvalue weighted by atomic mass is 10.1. The molecule has 0 fully saturated rings. The Morgan fingerprint density at radius 2 is 1.79 bits per heavy atom. The summed E-state index contributed by atoms with van der Waals surface area (Å²) in [7, 11) is 0. The molecule has 0 unspecified atom stereocenters. The Kier molecular flexibility index (Phi) is 2.58. The molecule has 0 saturated heterocycles. The molecule has 0 amide bonds. The second-order valence-corrected chi connectivity index (χ2v) is 4.20. The Bertz CT molecular complexity index is 445. The van der Waals surface area contributed by atoms with E-state index in [0.717, 1.165) is 15.0 Å². The topological polar surface area (TPSA) is 26.0 Å². The minimum atomic E-state index is 0.713. The summed E-state index contributed by atoms with van der Waals surface area (Å²) in [4.78, 5) is 4.34. The van der Waals surface area contributed by atoms with E-state index in [1.807, 2.05) is 6.92 Å². The van der Waals surface area contributed by atoms with Crippen LogP contribution in [0.25, 0.3) is 11.3 Å². The zero-order chi connectivity index (χ0) is 10.1. The maximum atomic E-state index is 5.37. The fourth-order valence-electron chi connectivity index (χ4n) is 1.29. The Labute approximate surface area is 96.5 Å². The van der Waals surface area contributed by atoms with Gasteiger partial charge in [0.25, 0.3) is 0 Å². The fraction of sp³-hybridized carbons (Fsp3) is 0.182. The minimum absolute atomic E-state index is 0.713. The molecule has 0 bridgehead atoms. The Morgan fingerprint density at radius 3 is 2.29 bits per heavy atom.